The van der Waals surface area contributed by atoms with E-state index in [0.717, 1.165) is 32.5 Å². The van der Waals surface area contributed by atoms with E-state index in [-0.39, 0.29) is 6.03 Å². The van der Waals surface area contributed by atoms with Crippen LogP contribution < -0.4 is 5.32 Å². The molecule has 1 fully saturated rings. The summed E-state index contributed by atoms with van der Waals surface area (Å²) in [4.78, 5) is 16.4. The average Bonchev–Trinajstić information content (AvgIpc) is 2.98. The molecule has 1 N–H and O–H groups in total. The lowest BCUT2D eigenvalue weighted by Gasteiger charge is -2.33. The highest BCUT2D eigenvalue weighted by molar-refractivity contribution is 7.13. The van der Waals surface area contributed by atoms with Crippen LogP contribution in [0.2, 0.25) is 0 Å². The van der Waals surface area contributed by atoms with Gasteiger partial charge in [-0.2, -0.15) is 0 Å². The topological polar surface area (TPSA) is 61.4 Å². The van der Waals surface area contributed by atoms with Crippen LogP contribution in [0.5, 0.6) is 0 Å². The third-order valence-electron chi connectivity index (χ3n) is 3.94. The van der Waals surface area contributed by atoms with Crippen molar-refractivity contribution in [2.45, 2.75) is 32.6 Å². The Labute approximate surface area is 130 Å². The molecule has 2 rings (SSSR count). The first kappa shape index (κ1) is 16.2. The molecule has 6 nitrogen and oxygen atoms in total. The van der Waals surface area contributed by atoms with Gasteiger partial charge in [-0.25, -0.2) is 4.79 Å². The zero-order chi connectivity index (χ0) is 15.1. The minimum atomic E-state index is -0.0514. The highest BCUT2D eigenvalue weighted by Gasteiger charge is 2.23. The number of nitrogens with one attached hydrogen (secondary N) is 1. The van der Waals surface area contributed by atoms with Crippen molar-refractivity contribution >= 4 is 22.5 Å². The molecule has 1 saturated heterocycles. The lowest BCUT2D eigenvalue weighted by Crippen LogP contribution is -2.43. The van der Waals surface area contributed by atoms with Gasteiger partial charge >= 0.3 is 6.03 Å². The molecule has 0 aromatic carbocycles. The van der Waals surface area contributed by atoms with Gasteiger partial charge < -0.3 is 9.80 Å². The van der Waals surface area contributed by atoms with Crippen LogP contribution >= 0.6 is 11.3 Å². The third-order valence-corrected chi connectivity index (χ3v) is 4.55. The summed E-state index contributed by atoms with van der Waals surface area (Å²) in [5.74, 6) is 0.706. The summed E-state index contributed by atoms with van der Waals surface area (Å²) in [5, 5.41) is 10.9. The van der Waals surface area contributed by atoms with Gasteiger partial charge in [-0.05, 0) is 38.8 Å². The molecule has 21 heavy (non-hydrogen) atoms. The van der Waals surface area contributed by atoms with E-state index in [0.29, 0.717) is 11.0 Å². The Balaban J connectivity index is 1.69. The number of anilines is 1. The fourth-order valence-corrected chi connectivity index (χ4v) is 3.11. The van der Waals surface area contributed by atoms with Crippen molar-refractivity contribution in [3.05, 3.63) is 5.51 Å². The number of urea groups is 1. The van der Waals surface area contributed by atoms with E-state index in [1.807, 2.05) is 4.90 Å². The van der Waals surface area contributed by atoms with E-state index in [9.17, 15) is 4.79 Å². The number of hydrogen-bond acceptors (Lipinski definition) is 5. The van der Waals surface area contributed by atoms with Crippen LogP contribution in [0.15, 0.2) is 5.51 Å². The van der Waals surface area contributed by atoms with Crippen molar-refractivity contribution < 1.29 is 4.79 Å². The van der Waals surface area contributed by atoms with Gasteiger partial charge in [0.05, 0.1) is 0 Å². The molecule has 2 amide bonds. The number of hydrogen-bond donors (Lipinski definition) is 1. The Morgan fingerprint density at radius 1 is 1.52 bits per heavy atom. The van der Waals surface area contributed by atoms with Crippen LogP contribution in [-0.4, -0.2) is 59.3 Å². The summed E-state index contributed by atoms with van der Waals surface area (Å²) >= 11 is 1.34. The van der Waals surface area contributed by atoms with Crippen molar-refractivity contribution in [3.63, 3.8) is 0 Å². The predicted octanol–water partition coefficient (Wildman–Crippen LogP) is 2.51. The quantitative estimate of drug-likeness (QED) is 0.877. The molecule has 0 radical (unpaired) electrons. The maximum Gasteiger partial charge on any atom is 0.323 e. The van der Waals surface area contributed by atoms with Crippen LogP contribution in [0.3, 0.4) is 0 Å². The summed E-state index contributed by atoms with van der Waals surface area (Å²) in [5.41, 5.74) is 1.62. The molecule has 1 aliphatic heterocycles. The van der Waals surface area contributed by atoms with Crippen molar-refractivity contribution in [2.75, 3.05) is 38.5 Å². The lowest BCUT2D eigenvalue weighted by atomic mass is 9.96. The molecule has 2 heterocycles. The molecule has 1 aromatic heterocycles. The number of carbonyl (C=O) groups excluding carboxylic acids is 1. The van der Waals surface area contributed by atoms with Gasteiger partial charge in [0.1, 0.15) is 5.51 Å². The third kappa shape index (κ3) is 5.24. The van der Waals surface area contributed by atoms with Crippen LogP contribution in [0.1, 0.15) is 32.6 Å². The fraction of sp³-hybridized carbons (Fsp3) is 0.786. The number of unbranched alkanes of at least 4 members (excludes halogenated alkanes) is 1. The smallest absolute Gasteiger partial charge is 0.323 e. The molecule has 7 heteroatoms. The van der Waals surface area contributed by atoms with E-state index in [2.05, 4.69) is 34.4 Å². The first-order valence-electron chi connectivity index (χ1n) is 7.69. The number of nitrogens with zero attached hydrogens (tertiary/aromatic N) is 4. The molecule has 0 saturated carbocycles. The van der Waals surface area contributed by atoms with E-state index in [1.54, 1.807) is 5.51 Å². The Morgan fingerprint density at radius 2 is 2.29 bits per heavy atom. The first-order chi connectivity index (χ1) is 10.2. The molecule has 1 aliphatic rings. The Kier molecular flexibility index (Phi) is 6.38. The number of piperidine rings is 1. The van der Waals surface area contributed by atoms with Crippen molar-refractivity contribution in [1.82, 2.24) is 20.0 Å². The van der Waals surface area contributed by atoms with Gasteiger partial charge in [0.2, 0.25) is 5.13 Å². The van der Waals surface area contributed by atoms with Gasteiger partial charge in [-0.3, -0.25) is 5.32 Å². The normalized spacial score (nSPS) is 16.4. The second-order valence-corrected chi connectivity index (χ2v) is 6.55. The number of aromatic nitrogens is 2. The number of carbonyl (C=O) groups is 1. The van der Waals surface area contributed by atoms with Gasteiger partial charge in [0, 0.05) is 19.6 Å². The highest BCUT2D eigenvalue weighted by atomic mass is 32.1. The SMILES string of the molecule is CCCCN(C)CC1CCN(C(=O)Nc2nncs2)CC1. The fourth-order valence-electron chi connectivity index (χ4n) is 2.68. The summed E-state index contributed by atoms with van der Waals surface area (Å²) in [6, 6.07) is -0.0514. The van der Waals surface area contributed by atoms with Crippen molar-refractivity contribution in [3.8, 4) is 0 Å². The molecule has 0 atom stereocenters. The number of likely N-dealkylation sites (tertiary alicyclic amines) is 1. The molecule has 0 unspecified atom stereocenters. The molecule has 118 valence electrons. The van der Waals surface area contributed by atoms with E-state index in [1.165, 1.54) is 30.7 Å². The van der Waals surface area contributed by atoms with Crippen molar-refractivity contribution in [1.29, 1.82) is 0 Å². The summed E-state index contributed by atoms with van der Waals surface area (Å²) in [6.45, 7) is 6.21. The molecule has 0 spiro atoms. The van der Waals surface area contributed by atoms with Gasteiger partial charge in [0.15, 0.2) is 0 Å². The maximum atomic E-state index is 12.1. The largest absolute Gasteiger partial charge is 0.324 e. The molecular formula is C14H25N5OS. The second kappa shape index (κ2) is 8.29. The van der Waals surface area contributed by atoms with Gasteiger partial charge in [0.25, 0.3) is 0 Å². The minimum Gasteiger partial charge on any atom is -0.324 e. The standard InChI is InChI=1S/C14H25N5OS/c1-3-4-7-18(2)10-12-5-8-19(9-6-12)14(20)16-13-17-15-11-21-13/h11-12H,3-10H2,1-2H3,(H,16,17,20). The second-order valence-electron chi connectivity index (χ2n) is 5.72. The zero-order valence-corrected chi connectivity index (χ0v) is 13.7. The summed E-state index contributed by atoms with van der Waals surface area (Å²) in [6.07, 6.45) is 4.67. The molecular weight excluding hydrogens is 286 g/mol. The highest BCUT2D eigenvalue weighted by Crippen LogP contribution is 2.19. The van der Waals surface area contributed by atoms with E-state index < -0.39 is 0 Å². The number of amides is 2. The lowest BCUT2D eigenvalue weighted by molar-refractivity contribution is 0.163. The van der Waals surface area contributed by atoms with Crippen molar-refractivity contribution in [2.24, 2.45) is 5.92 Å². The maximum absolute atomic E-state index is 12.1. The molecule has 0 aliphatic carbocycles. The number of rotatable bonds is 6. The molecule has 1 aromatic rings. The average molecular weight is 311 g/mol. The summed E-state index contributed by atoms with van der Waals surface area (Å²) in [7, 11) is 2.20. The Hall–Kier alpha value is -1.21. The Bertz CT molecular complexity index is 417. The van der Waals surface area contributed by atoms with Crippen LogP contribution in [0, 0.1) is 5.92 Å². The molecule has 0 bridgehead atoms. The van der Waals surface area contributed by atoms with Crippen LogP contribution in [-0.2, 0) is 0 Å². The van der Waals surface area contributed by atoms with Crippen LogP contribution in [0.25, 0.3) is 0 Å². The van der Waals surface area contributed by atoms with E-state index in [4.69, 9.17) is 0 Å². The summed E-state index contributed by atoms with van der Waals surface area (Å²) < 4.78 is 0. The Morgan fingerprint density at radius 3 is 2.90 bits per heavy atom. The minimum absolute atomic E-state index is 0.0514. The van der Waals surface area contributed by atoms with E-state index >= 15 is 0 Å². The monoisotopic (exact) mass is 311 g/mol. The van der Waals surface area contributed by atoms with Gasteiger partial charge in [-0.15, -0.1) is 10.2 Å². The zero-order valence-electron chi connectivity index (χ0n) is 12.9. The van der Waals surface area contributed by atoms with Crippen LogP contribution in [0.4, 0.5) is 9.93 Å². The van der Waals surface area contributed by atoms with Gasteiger partial charge in [-0.1, -0.05) is 24.7 Å². The first-order valence-corrected chi connectivity index (χ1v) is 8.57. The predicted molar refractivity (Wildman–Crippen MR) is 85.6 cm³/mol.